The van der Waals surface area contributed by atoms with E-state index in [0.29, 0.717) is 17.0 Å². The smallest absolute Gasteiger partial charge is 0.263 e. The minimum Gasteiger partial charge on any atom is -0.347 e. The van der Waals surface area contributed by atoms with E-state index in [0.717, 1.165) is 36.9 Å². The van der Waals surface area contributed by atoms with Gasteiger partial charge in [-0.1, -0.05) is 13.0 Å². The molecule has 2 atom stereocenters. The first kappa shape index (κ1) is 17.9. The zero-order valence-electron chi connectivity index (χ0n) is 14.0. The summed E-state index contributed by atoms with van der Waals surface area (Å²) in [6, 6.07) is 3.80. The topological polar surface area (TPSA) is 54.0 Å². The lowest BCUT2D eigenvalue weighted by molar-refractivity contribution is 0.0928. The molecule has 2 unspecified atom stereocenters. The number of piperidine rings is 1. The van der Waals surface area contributed by atoms with Crippen LogP contribution in [0.4, 0.5) is 8.78 Å². The SMILES string of the molecule is CCCc1ncc(C(=O)NC2CNCCC2c2ccc(F)c(F)c2)s1. The number of nitrogens with zero attached hydrogens (tertiary/aromatic N) is 1. The Morgan fingerprint density at radius 3 is 3.00 bits per heavy atom. The molecule has 4 nitrogen and oxygen atoms in total. The molecule has 0 spiro atoms. The number of rotatable bonds is 5. The molecule has 3 rings (SSSR count). The van der Waals surface area contributed by atoms with Crippen molar-refractivity contribution >= 4 is 17.2 Å². The van der Waals surface area contributed by atoms with Gasteiger partial charge in [0.2, 0.25) is 0 Å². The molecule has 1 amide bonds. The number of aryl methyl sites for hydroxylation is 1. The quantitative estimate of drug-likeness (QED) is 0.855. The summed E-state index contributed by atoms with van der Waals surface area (Å²) >= 11 is 1.40. The van der Waals surface area contributed by atoms with E-state index in [1.807, 2.05) is 0 Å². The van der Waals surface area contributed by atoms with E-state index in [1.165, 1.54) is 17.4 Å². The number of carbonyl (C=O) groups is 1. The van der Waals surface area contributed by atoms with Crippen LogP contribution >= 0.6 is 11.3 Å². The molecule has 1 aliphatic heterocycles. The fourth-order valence-corrected chi connectivity index (χ4v) is 4.06. The molecule has 1 fully saturated rings. The molecule has 0 bridgehead atoms. The Bertz CT molecular complexity index is 750. The summed E-state index contributed by atoms with van der Waals surface area (Å²) in [6.07, 6.45) is 4.20. The van der Waals surface area contributed by atoms with Gasteiger partial charge in [0.15, 0.2) is 11.6 Å². The lowest BCUT2D eigenvalue weighted by atomic mass is 9.86. The molecule has 7 heteroatoms. The third-order valence-corrected chi connectivity index (χ3v) is 5.47. The minimum absolute atomic E-state index is 0.0525. The van der Waals surface area contributed by atoms with Crippen LogP contribution in [0.3, 0.4) is 0 Å². The van der Waals surface area contributed by atoms with Crippen molar-refractivity contribution in [3.8, 4) is 0 Å². The van der Waals surface area contributed by atoms with Gasteiger partial charge in [0.1, 0.15) is 4.88 Å². The van der Waals surface area contributed by atoms with Crippen LogP contribution in [0.1, 0.15) is 45.9 Å². The first-order valence-electron chi connectivity index (χ1n) is 8.49. The summed E-state index contributed by atoms with van der Waals surface area (Å²) < 4.78 is 26.8. The summed E-state index contributed by atoms with van der Waals surface area (Å²) in [5, 5.41) is 7.22. The van der Waals surface area contributed by atoms with Gasteiger partial charge in [0.25, 0.3) is 5.91 Å². The van der Waals surface area contributed by atoms with Crippen LogP contribution in [0, 0.1) is 11.6 Å². The number of benzene rings is 1. The number of halogens is 2. The lowest BCUT2D eigenvalue weighted by Crippen LogP contribution is -2.49. The van der Waals surface area contributed by atoms with Gasteiger partial charge in [0, 0.05) is 18.5 Å². The zero-order valence-corrected chi connectivity index (χ0v) is 14.8. The fourth-order valence-electron chi connectivity index (χ4n) is 3.14. The summed E-state index contributed by atoms with van der Waals surface area (Å²) in [5.74, 6) is -1.93. The van der Waals surface area contributed by atoms with Crippen LogP contribution in [-0.2, 0) is 6.42 Å². The van der Waals surface area contributed by atoms with Gasteiger partial charge in [-0.05, 0) is 43.5 Å². The predicted molar refractivity (Wildman–Crippen MR) is 93.9 cm³/mol. The Morgan fingerprint density at radius 1 is 1.40 bits per heavy atom. The molecule has 1 aromatic carbocycles. The van der Waals surface area contributed by atoms with Gasteiger partial charge >= 0.3 is 0 Å². The lowest BCUT2D eigenvalue weighted by Gasteiger charge is -2.33. The van der Waals surface area contributed by atoms with E-state index in [2.05, 4.69) is 22.5 Å². The average Bonchev–Trinajstić information content (AvgIpc) is 3.07. The molecule has 2 heterocycles. The Balaban J connectivity index is 1.73. The van der Waals surface area contributed by atoms with Crippen molar-refractivity contribution < 1.29 is 13.6 Å². The number of hydrogen-bond acceptors (Lipinski definition) is 4. The number of amides is 1. The van der Waals surface area contributed by atoms with E-state index in [4.69, 9.17) is 0 Å². The molecule has 1 aromatic heterocycles. The maximum atomic E-state index is 13.6. The van der Waals surface area contributed by atoms with Crippen LogP contribution in [0.15, 0.2) is 24.4 Å². The second-order valence-corrected chi connectivity index (χ2v) is 7.34. The average molecular weight is 365 g/mol. The second-order valence-electron chi connectivity index (χ2n) is 6.22. The highest BCUT2D eigenvalue weighted by Crippen LogP contribution is 2.27. The van der Waals surface area contributed by atoms with Gasteiger partial charge < -0.3 is 10.6 Å². The van der Waals surface area contributed by atoms with Crippen molar-refractivity contribution in [2.24, 2.45) is 0 Å². The highest BCUT2D eigenvalue weighted by atomic mass is 32.1. The van der Waals surface area contributed by atoms with Crippen molar-refractivity contribution in [2.45, 2.75) is 38.1 Å². The molecular weight excluding hydrogens is 344 g/mol. The van der Waals surface area contributed by atoms with E-state index < -0.39 is 11.6 Å². The number of thiazole rings is 1. The highest BCUT2D eigenvalue weighted by molar-refractivity contribution is 7.13. The highest BCUT2D eigenvalue weighted by Gasteiger charge is 2.29. The third-order valence-electron chi connectivity index (χ3n) is 4.41. The zero-order chi connectivity index (χ0) is 17.8. The molecule has 25 heavy (non-hydrogen) atoms. The maximum absolute atomic E-state index is 13.6. The van der Waals surface area contributed by atoms with Crippen LogP contribution in [0.2, 0.25) is 0 Å². The van der Waals surface area contributed by atoms with Crippen molar-refractivity contribution in [1.82, 2.24) is 15.6 Å². The Labute approximate surface area is 149 Å². The maximum Gasteiger partial charge on any atom is 0.263 e. The molecule has 1 aliphatic rings. The molecular formula is C18H21F2N3OS. The van der Waals surface area contributed by atoms with Gasteiger partial charge in [-0.2, -0.15) is 0 Å². The number of aromatic nitrogens is 1. The van der Waals surface area contributed by atoms with E-state index in [9.17, 15) is 13.6 Å². The van der Waals surface area contributed by atoms with Crippen molar-refractivity contribution in [3.63, 3.8) is 0 Å². The summed E-state index contributed by atoms with van der Waals surface area (Å²) in [5.41, 5.74) is 0.710. The van der Waals surface area contributed by atoms with Crippen LogP contribution in [0.25, 0.3) is 0 Å². The normalized spacial score (nSPS) is 20.4. The molecule has 1 saturated heterocycles. The first-order chi connectivity index (χ1) is 12.1. The van der Waals surface area contributed by atoms with Crippen LogP contribution in [-0.4, -0.2) is 30.0 Å². The molecule has 2 N–H and O–H groups in total. The van der Waals surface area contributed by atoms with Gasteiger partial charge in [-0.25, -0.2) is 13.8 Å². The van der Waals surface area contributed by atoms with Crippen molar-refractivity contribution in [1.29, 1.82) is 0 Å². The van der Waals surface area contributed by atoms with E-state index in [-0.39, 0.29) is 17.9 Å². The number of nitrogens with one attached hydrogen (secondary N) is 2. The molecule has 0 saturated carbocycles. The standard InChI is InChI=1S/C18H21F2N3OS/c1-2-3-17-22-10-16(25-17)18(24)23-15-9-21-7-6-12(15)11-4-5-13(19)14(20)8-11/h4-5,8,10,12,15,21H,2-3,6-7,9H2,1H3,(H,23,24). The summed E-state index contributed by atoms with van der Waals surface area (Å²) in [6.45, 7) is 3.44. The largest absolute Gasteiger partial charge is 0.347 e. The number of hydrogen-bond donors (Lipinski definition) is 2. The molecule has 2 aromatic rings. The number of carbonyl (C=O) groups excluding carboxylic acids is 1. The minimum atomic E-state index is -0.855. The Morgan fingerprint density at radius 2 is 2.24 bits per heavy atom. The van der Waals surface area contributed by atoms with Gasteiger partial charge in [0.05, 0.1) is 11.2 Å². The molecule has 0 aliphatic carbocycles. The van der Waals surface area contributed by atoms with Crippen molar-refractivity contribution in [2.75, 3.05) is 13.1 Å². The first-order valence-corrected chi connectivity index (χ1v) is 9.31. The monoisotopic (exact) mass is 365 g/mol. The van der Waals surface area contributed by atoms with Crippen molar-refractivity contribution in [3.05, 3.63) is 51.5 Å². The Kier molecular flexibility index (Phi) is 5.75. The third kappa shape index (κ3) is 4.22. The molecule has 134 valence electrons. The van der Waals surface area contributed by atoms with Crippen LogP contribution in [0.5, 0.6) is 0 Å². The second kappa shape index (κ2) is 8.01. The fraction of sp³-hybridized carbons (Fsp3) is 0.444. The van der Waals surface area contributed by atoms with Gasteiger partial charge in [-0.15, -0.1) is 11.3 Å². The summed E-state index contributed by atoms with van der Waals surface area (Å²) in [4.78, 5) is 17.4. The molecule has 0 radical (unpaired) electrons. The van der Waals surface area contributed by atoms with E-state index >= 15 is 0 Å². The Hall–Kier alpha value is -1.86. The van der Waals surface area contributed by atoms with Crippen LogP contribution < -0.4 is 10.6 Å². The summed E-state index contributed by atoms with van der Waals surface area (Å²) in [7, 11) is 0. The predicted octanol–water partition coefficient (Wildman–Crippen LogP) is 3.25. The van der Waals surface area contributed by atoms with Gasteiger partial charge in [-0.3, -0.25) is 4.79 Å². The van der Waals surface area contributed by atoms with E-state index in [1.54, 1.807) is 12.3 Å².